The molecule has 2 aromatic rings. The maximum Gasteiger partial charge on any atom is 0.128 e. The molecular weight excluding hydrogens is 338 g/mol. The number of benzene rings is 2. The molecule has 0 aliphatic rings. The number of ether oxygens (including phenoxy) is 1. The van der Waals surface area contributed by atoms with Crippen molar-refractivity contribution in [1.82, 2.24) is 0 Å². The van der Waals surface area contributed by atoms with E-state index in [-0.39, 0.29) is 0 Å². The summed E-state index contributed by atoms with van der Waals surface area (Å²) >= 11 is 9.56. The minimum absolute atomic E-state index is 0.624. The van der Waals surface area contributed by atoms with Gasteiger partial charge in [-0.05, 0) is 49.7 Å². The first-order valence-corrected chi connectivity index (χ1v) is 7.50. The van der Waals surface area contributed by atoms with Crippen molar-refractivity contribution in [1.29, 1.82) is 0 Å². The molecule has 0 aliphatic heterocycles. The van der Waals surface area contributed by atoms with Gasteiger partial charge in [0.1, 0.15) is 5.75 Å². The summed E-state index contributed by atoms with van der Waals surface area (Å²) in [5.74, 6) is 0.819. The number of hydrogen-bond donors (Lipinski definition) is 0. The Hall–Kier alpha value is -1.32. The van der Waals surface area contributed by atoms with Gasteiger partial charge in [-0.1, -0.05) is 33.6 Å². The van der Waals surface area contributed by atoms with Crippen LogP contribution in [0.25, 0.3) is 0 Å². The molecule has 0 unspecified atom stereocenters. The molecule has 0 saturated carbocycles. The van der Waals surface area contributed by atoms with E-state index in [9.17, 15) is 0 Å². The number of nitrogens with zero attached hydrogens (tertiary/aromatic N) is 1. The van der Waals surface area contributed by atoms with Gasteiger partial charge in [-0.25, -0.2) is 0 Å². The van der Waals surface area contributed by atoms with Crippen molar-refractivity contribution in [2.45, 2.75) is 13.8 Å². The molecule has 0 N–H and O–H groups in total. The summed E-state index contributed by atoms with van der Waals surface area (Å²) in [6, 6.07) is 11.6. The van der Waals surface area contributed by atoms with E-state index in [1.165, 1.54) is 0 Å². The molecule has 0 fully saturated rings. The van der Waals surface area contributed by atoms with Crippen molar-refractivity contribution in [3.63, 3.8) is 0 Å². The van der Waals surface area contributed by atoms with Crippen molar-refractivity contribution >= 4 is 39.4 Å². The Balaban J connectivity index is 2.35. The van der Waals surface area contributed by atoms with Gasteiger partial charge in [-0.15, -0.1) is 0 Å². The van der Waals surface area contributed by atoms with Gasteiger partial charge in [0.25, 0.3) is 0 Å². The molecule has 20 heavy (non-hydrogen) atoms. The van der Waals surface area contributed by atoms with Crippen molar-refractivity contribution in [3.8, 4) is 5.75 Å². The molecule has 2 rings (SSSR count). The molecule has 0 saturated heterocycles. The topological polar surface area (TPSA) is 21.6 Å². The molecule has 0 amide bonds. The second-order valence-electron chi connectivity index (χ2n) is 4.26. The van der Waals surface area contributed by atoms with E-state index in [0.717, 1.165) is 32.1 Å². The zero-order valence-electron chi connectivity index (χ0n) is 11.4. The first-order valence-electron chi connectivity index (χ1n) is 6.33. The number of aliphatic imine (C=N–C) groups is 1. The minimum Gasteiger partial charge on any atom is -0.493 e. The summed E-state index contributed by atoms with van der Waals surface area (Å²) in [6.07, 6.45) is 1.80. The van der Waals surface area contributed by atoms with Crippen LogP contribution in [-0.2, 0) is 0 Å². The lowest BCUT2D eigenvalue weighted by molar-refractivity contribution is 0.339. The largest absolute Gasteiger partial charge is 0.493 e. The molecular formula is C16H15BrClNO. The van der Waals surface area contributed by atoms with E-state index in [0.29, 0.717) is 6.61 Å². The Morgan fingerprint density at radius 2 is 2.10 bits per heavy atom. The van der Waals surface area contributed by atoms with Crippen LogP contribution in [0.5, 0.6) is 5.75 Å². The Labute approximate surface area is 132 Å². The van der Waals surface area contributed by atoms with Crippen LogP contribution in [0, 0.1) is 6.92 Å². The molecule has 0 spiro atoms. The average molecular weight is 353 g/mol. The number of halogens is 2. The number of hydrogen-bond acceptors (Lipinski definition) is 2. The highest BCUT2D eigenvalue weighted by Crippen LogP contribution is 2.27. The SMILES string of the molecule is CCOc1ccc(Br)cc1C=Nc1cccc(Cl)c1C. The van der Waals surface area contributed by atoms with E-state index in [1.54, 1.807) is 6.21 Å². The Bertz CT molecular complexity index is 640. The van der Waals surface area contributed by atoms with E-state index in [4.69, 9.17) is 16.3 Å². The fourth-order valence-corrected chi connectivity index (χ4v) is 2.33. The molecule has 0 aromatic heterocycles. The highest BCUT2D eigenvalue weighted by Gasteiger charge is 2.03. The third-order valence-electron chi connectivity index (χ3n) is 2.85. The average Bonchev–Trinajstić information content (AvgIpc) is 2.43. The maximum atomic E-state index is 6.10. The maximum absolute atomic E-state index is 6.10. The van der Waals surface area contributed by atoms with Crippen LogP contribution in [-0.4, -0.2) is 12.8 Å². The number of rotatable bonds is 4. The molecule has 2 aromatic carbocycles. The highest BCUT2D eigenvalue weighted by molar-refractivity contribution is 9.10. The van der Waals surface area contributed by atoms with Gasteiger partial charge in [0.2, 0.25) is 0 Å². The fourth-order valence-electron chi connectivity index (χ4n) is 1.78. The van der Waals surface area contributed by atoms with Crippen LogP contribution in [0.2, 0.25) is 5.02 Å². The van der Waals surface area contributed by atoms with Crippen LogP contribution in [0.3, 0.4) is 0 Å². The third-order valence-corrected chi connectivity index (χ3v) is 3.76. The molecule has 0 atom stereocenters. The molecule has 4 heteroatoms. The van der Waals surface area contributed by atoms with Gasteiger partial charge >= 0.3 is 0 Å². The molecule has 0 radical (unpaired) electrons. The van der Waals surface area contributed by atoms with Gasteiger partial charge in [0, 0.05) is 21.3 Å². The molecule has 104 valence electrons. The monoisotopic (exact) mass is 351 g/mol. The van der Waals surface area contributed by atoms with Gasteiger partial charge < -0.3 is 4.74 Å². The molecule has 0 bridgehead atoms. The summed E-state index contributed by atoms with van der Waals surface area (Å²) in [7, 11) is 0. The minimum atomic E-state index is 0.624. The van der Waals surface area contributed by atoms with Crippen LogP contribution < -0.4 is 4.74 Å². The molecule has 2 nitrogen and oxygen atoms in total. The van der Waals surface area contributed by atoms with Gasteiger partial charge in [-0.3, -0.25) is 4.99 Å². The highest BCUT2D eigenvalue weighted by atomic mass is 79.9. The quantitative estimate of drug-likeness (QED) is 0.660. The smallest absolute Gasteiger partial charge is 0.128 e. The molecule has 0 aliphatic carbocycles. The summed E-state index contributed by atoms with van der Waals surface area (Å²) in [5.41, 5.74) is 2.76. The van der Waals surface area contributed by atoms with Gasteiger partial charge in [0.15, 0.2) is 0 Å². The van der Waals surface area contributed by atoms with Crippen molar-refractivity contribution in [2.24, 2.45) is 4.99 Å². The summed E-state index contributed by atoms with van der Waals surface area (Å²) < 4.78 is 6.59. The van der Waals surface area contributed by atoms with Crippen molar-refractivity contribution in [3.05, 3.63) is 57.0 Å². The Morgan fingerprint density at radius 3 is 2.85 bits per heavy atom. The van der Waals surface area contributed by atoms with E-state index < -0.39 is 0 Å². The summed E-state index contributed by atoms with van der Waals surface area (Å²) in [6.45, 7) is 4.54. The van der Waals surface area contributed by atoms with Crippen molar-refractivity contribution < 1.29 is 4.74 Å². The van der Waals surface area contributed by atoms with Gasteiger partial charge in [0.05, 0.1) is 12.3 Å². The fraction of sp³-hybridized carbons (Fsp3) is 0.188. The van der Waals surface area contributed by atoms with Crippen molar-refractivity contribution in [2.75, 3.05) is 6.61 Å². The zero-order chi connectivity index (χ0) is 14.5. The first-order chi connectivity index (χ1) is 9.61. The second kappa shape index (κ2) is 6.91. The van der Waals surface area contributed by atoms with E-state index in [2.05, 4.69) is 20.9 Å². The Morgan fingerprint density at radius 1 is 1.30 bits per heavy atom. The molecule has 0 heterocycles. The predicted molar refractivity (Wildman–Crippen MR) is 88.8 cm³/mol. The Kier molecular flexibility index (Phi) is 5.21. The normalized spacial score (nSPS) is 11.0. The summed E-state index contributed by atoms with van der Waals surface area (Å²) in [4.78, 5) is 4.51. The first kappa shape index (κ1) is 15.1. The van der Waals surface area contributed by atoms with Crippen LogP contribution in [0.15, 0.2) is 45.9 Å². The van der Waals surface area contributed by atoms with Crippen LogP contribution in [0.1, 0.15) is 18.1 Å². The summed E-state index contributed by atoms with van der Waals surface area (Å²) in [5, 5.41) is 0.721. The lowest BCUT2D eigenvalue weighted by Crippen LogP contribution is -1.96. The zero-order valence-corrected chi connectivity index (χ0v) is 13.7. The second-order valence-corrected chi connectivity index (χ2v) is 5.58. The predicted octanol–water partition coefficient (Wildman–Crippen LogP) is 5.56. The lowest BCUT2D eigenvalue weighted by atomic mass is 10.2. The van der Waals surface area contributed by atoms with Crippen LogP contribution in [0.4, 0.5) is 5.69 Å². The lowest BCUT2D eigenvalue weighted by Gasteiger charge is -2.07. The third kappa shape index (κ3) is 3.62. The standard InChI is InChI=1S/C16H15BrClNO/c1-3-20-16-8-7-13(17)9-12(16)10-19-15-6-4-5-14(18)11(15)2/h4-10H,3H2,1-2H3. The van der Waals surface area contributed by atoms with Crippen LogP contribution >= 0.6 is 27.5 Å². The van der Waals surface area contributed by atoms with E-state index in [1.807, 2.05) is 50.2 Å². The van der Waals surface area contributed by atoms with E-state index >= 15 is 0 Å². The van der Waals surface area contributed by atoms with Gasteiger partial charge in [-0.2, -0.15) is 0 Å².